The minimum Gasteiger partial charge on any atom is -0.345 e. The maximum atomic E-state index is 12.6. The molecular weight excluding hydrogens is 408 g/mol. The molecule has 4 rings (SSSR count). The first-order chi connectivity index (χ1) is 13.9. The molecule has 9 heteroatoms. The molecular formula is C20H22N4O3S2. The number of carbonyl (C=O) groups excluding carboxylic acids is 1. The third kappa shape index (κ3) is 3.98. The van der Waals surface area contributed by atoms with Gasteiger partial charge in [0.1, 0.15) is 10.6 Å². The Hall–Kier alpha value is -2.49. The molecule has 152 valence electrons. The minimum atomic E-state index is -3.61. The monoisotopic (exact) mass is 430 g/mol. The van der Waals surface area contributed by atoms with Crippen LogP contribution in [0.3, 0.4) is 0 Å². The van der Waals surface area contributed by atoms with E-state index in [0.29, 0.717) is 5.13 Å². The largest absolute Gasteiger partial charge is 0.345 e. The number of hydrogen-bond acceptors (Lipinski definition) is 5. The molecule has 2 aromatic heterocycles. The maximum absolute atomic E-state index is 12.6. The van der Waals surface area contributed by atoms with E-state index >= 15 is 0 Å². The smallest absolute Gasteiger partial charge is 0.274 e. The number of aryl methyl sites for hydroxylation is 3. The SMILES string of the molecule is CNS(=O)(=O)c1cc(C(=O)Nc2nc(-c3ccc4c(c3)CCCC4)cs2)n(C)c1. The zero-order valence-electron chi connectivity index (χ0n) is 16.2. The van der Waals surface area contributed by atoms with E-state index < -0.39 is 15.9 Å². The molecule has 0 radical (unpaired) electrons. The number of hydrogen-bond donors (Lipinski definition) is 2. The molecule has 2 N–H and O–H groups in total. The second-order valence-electron chi connectivity index (χ2n) is 7.06. The van der Waals surface area contributed by atoms with Crippen LogP contribution in [-0.2, 0) is 29.9 Å². The number of sulfonamides is 1. The number of thiazole rings is 1. The predicted molar refractivity (Wildman–Crippen MR) is 114 cm³/mol. The van der Waals surface area contributed by atoms with Gasteiger partial charge in [-0.2, -0.15) is 0 Å². The van der Waals surface area contributed by atoms with Crippen molar-refractivity contribution in [3.8, 4) is 11.3 Å². The van der Waals surface area contributed by atoms with Crippen LogP contribution in [0.4, 0.5) is 5.13 Å². The van der Waals surface area contributed by atoms with Gasteiger partial charge in [0.05, 0.1) is 5.69 Å². The van der Waals surface area contributed by atoms with E-state index in [2.05, 4.69) is 33.2 Å². The van der Waals surface area contributed by atoms with Gasteiger partial charge in [-0.25, -0.2) is 18.1 Å². The zero-order valence-corrected chi connectivity index (χ0v) is 17.9. The van der Waals surface area contributed by atoms with E-state index in [-0.39, 0.29) is 10.6 Å². The Morgan fingerprint density at radius 1 is 1.17 bits per heavy atom. The van der Waals surface area contributed by atoms with E-state index in [1.165, 1.54) is 59.2 Å². The number of anilines is 1. The Balaban J connectivity index is 1.53. The van der Waals surface area contributed by atoms with Gasteiger partial charge < -0.3 is 4.57 Å². The first-order valence-electron chi connectivity index (χ1n) is 9.36. The van der Waals surface area contributed by atoms with Gasteiger partial charge in [0.15, 0.2) is 5.13 Å². The summed E-state index contributed by atoms with van der Waals surface area (Å²) >= 11 is 1.34. The second kappa shape index (κ2) is 7.74. The molecule has 0 fully saturated rings. The number of fused-ring (bicyclic) bond motifs is 1. The van der Waals surface area contributed by atoms with Crippen LogP contribution >= 0.6 is 11.3 Å². The van der Waals surface area contributed by atoms with Crippen LogP contribution in [0.1, 0.15) is 34.5 Å². The van der Waals surface area contributed by atoms with Crippen LogP contribution in [-0.4, -0.2) is 30.9 Å². The van der Waals surface area contributed by atoms with Crippen molar-refractivity contribution in [2.24, 2.45) is 7.05 Å². The van der Waals surface area contributed by atoms with Crippen molar-refractivity contribution in [1.29, 1.82) is 0 Å². The fraction of sp³-hybridized carbons (Fsp3) is 0.300. The highest BCUT2D eigenvalue weighted by molar-refractivity contribution is 7.89. The van der Waals surface area contributed by atoms with Gasteiger partial charge in [-0.1, -0.05) is 12.1 Å². The van der Waals surface area contributed by atoms with Crippen molar-refractivity contribution in [3.63, 3.8) is 0 Å². The quantitative estimate of drug-likeness (QED) is 0.650. The zero-order chi connectivity index (χ0) is 20.6. The number of nitrogens with zero attached hydrogens (tertiary/aromatic N) is 2. The summed E-state index contributed by atoms with van der Waals surface area (Å²) in [5, 5.41) is 5.16. The Bertz CT molecular complexity index is 1180. The summed E-state index contributed by atoms with van der Waals surface area (Å²) in [5.74, 6) is -0.406. The van der Waals surface area contributed by atoms with Crippen molar-refractivity contribution in [2.45, 2.75) is 30.6 Å². The Morgan fingerprint density at radius 2 is 1.93 bits per heavy atom. The molecule has 29 heavy (non-hydrogen) atoms. The van der Waals surface area contributed by atoms with Crippen LogP contribution in [0.5, 0.6) is 0 Å². The van der Waals surface area contributed by atoms with Gasteiger partial charge in [-0.3, -0.25) is 10.1 Å². The topological polar surface area (TPSA) is 93.1 Å². The number of carbonyl (C=O) groups is 1. The molecule has 7 nitrogen and oxygen atoms in total. The highest BCUT2D eigenvalue weighted by Crippen LogP contribution is 2.30. The van der Waals surface area contributed by atoms with Crippen LogP contribution in [0.2, 0.25) is 0 Å². The fourth-order valence-electron chi connectivity index (χ4n) is 3.54. The highest BCUT2D eigenvalue weighted by Gasteiger charge is 2.20. The molecule has 1 amide bonds. The van der Waals surface area contributed by atoms with Gasteiger partial charge in [-0.15, -0.1) is 11.3 Å². The summed E-state index contributed by atoms with van der Waals surface area (Å²) in [6.07, 6.45) is 6.10. The minimum absolute atomic E-state index is 0.0431. The normalized spacial score (nSPS) is 13.9. The molecule has 1 aromatic carbocycles. The lowest BCUT2D eigenvalue weighted by Gasteiger charge is -2.16. The molecule has 2 heterocycles. The third-order valence-electron chi connectivity index (χ3n) is 5.16. The van der Waals surface area contributed by atoms with E-state index in [4.69, 9.17) is 0 Å². The molecule has 0 saturated carbocycles. The Labute approximate surface area is 173 Å². The lowest BCUT2D eigenvalue weighted by Crippen LogP contribution is -2.18. The van der Waals surface area contributed by atoms with E-state index in [1.54, 1.807) is 7.05 Å². The molecule has 0 bridgehead atoms. The summed E-state index contributed by atoms with van der Waals surface area (Å²) in [6, 6.07) is 7.80. The fourth-order valence-corrected chi connectivity index (χ4v) is 5.06. The molecule has 0 unspecified atom stereocenters. The van der Waals surface area contributed by atoms with Crippen LogP contribution in [0.15, 0.2) is 40.7 Å². The summed E-state index contributed by atoms with van der Waals surface area (Å²) in [4.78, 5) is 17.2. The van der Waals surface area contributed by atoms with Gasteiger partial charge in [0, 0.05) is 24.2 Å². The number of nitrogens with one attached hydrogen (secondary N) is 2. The average Bonchev–Trinajstić information content (AvgIpc) is 3.34. The summed E-state index contributed by atoms with van der Waals surface area (Å²) < 4.78 is 27.6. The van der Waals surface area contributed by atoms with Crippen molar-refractivity contribution in [1.82, 2.24) is 14.3 Å². The lowest BCUT2D eigenvalue weighted by atomic mass is 9.90. The summed E-state index contributed by atoms with van der Waals surface area (Å²) in [7, 11) is -0.648. The molecule has 1 aliphatic carbocycles. The highest BCUT2D eigenvalue weighted by atomic mass is 32.2. The van der Waals surface area contributed by atoms with Crippen LogP contribution in [0, 0.1) is 0 Å². The van der Waals surface area contributed by atoms with E-state index in [0.717, 1.165) is 24.1 Å². The number of benzene rings is 1. The van der Waals surface area contributed by atoms with Gasteiger partial charge >= 0.3 is 0 Å². The standard InChI is InChI=1S/C20H22N4O3S2/c1-21-29(26,27)16-10-18(24(2)11-16)19(25)23-20-22-17(12-28-20)15-8-7-13-5-3-4-6-14(13)9-15/h7-12,21H,3-6H2,1-2H3,(H,22,23,25). The molecule has 0 saturated heterocycles. The Morgan fingerprint density at radius 3 is 2.69 bits per heavy atom. The number of aromatic nitrogens is 2. The average molecular weight is 431 g/mol. The molecule has 1 aliphatic rings. The third-order valence-corrected chi connectivity index (χ3v) is 7.30. The molecule has 0 spiro atoms. The van der Waals surface area contributed by atoms with E-state index in [1.807, 2.05) is 5.38 Å². The van der Waals surface area contributed by atoms with Crippen molar-refractivity contribution in [2.75, 3.05) is 12.4 Å². The van der Waals surface area contributed by atoms with Crippen molar-refractivity contribution < 1.29 is 13.2 Å². The second-order valence-corrected chi connectivity index (χ2v) is 9.81. The summed E-state index contributed by atoms with van der Waals surface area (Å²) in [5.41, 5.74) is 4.91. The van der Waals surface area contributed by atoms with Gasteiger partial charge in [0.25, 0.3) is 5.91 Å². The first-order valence-corrected chi connectivity index (χ1v) is 11.7. The van der Waals surface area contributed by atoms with Crippen LogP contribution in [0.25, 0.3) is 11.3 Å². The van der Waals surface area contributed by atoms with Crippen molar-refractivity contribution >= 4 is 32.4 Å². The predicted octanol–water partition coefficient (Wildman–Crippen LogP) is 3.19. The van der Waals surface area contributed by atoms with E-state index in [9.17, 15) is 13.2 Å². The Kier molecular flexibility index (Phi) is 5.28. The maximum Gasteiger partial charge on any atom is 0.274 e. The molecule has 0 aliphatic heterocycles. The van der Waals surface area contributed by atoms with Gasteiger partial charge in [0.2, 0.25) is 10.0 Å². The number of amides is 1. The lowest BCUT2D eigenvalue weighted by molar-refractivity contribution is 0.101. The molecule has 0 atom stereocenters. The summed E-state index contributed by atoms with van der Waals surface area (Å²) in [6.45, 7) is 0. The number of rotatable bonds is 5. The van der Waals surface area contributed by atoms with Gasteiger partial charge in [-0.05, 0) is 56.0 Å². The molecule has 3 aromatic rings. The van der Waals surface area contributed by atoms with Crippen LogP contribution < -0.4 is 10.0 Å². The first kappa shape index (κ1) is 19.8. The van der Waals surface area contributed by atoms with Crippen molar-refractivity contribution in [3.05, 3.63) is 52.7 Å².